The van der Waals surface area contributed by atoms with Crippen molar-refractivity contribution >= 4 is 40.3 Å². The second kappa shape index (κ2) is 6.16. The van der Waals surface area contributed by atoms with Gasteiger partial charge in [-0.25, -0.2) is 0 Å². The van der Waals surface area contributed by atoms with Crippen LogP contribution in [0.3, 0.4) is 0 Å². The summed E-state index contributed by atoms with van der Waals surface area (Å²) in [6.07, 6.45) is 0.507. The molecule has 0 amide bonds. The Bertz CT molecular complexity index is 383. The van der Waals surface area contributed by atoms with Crippen molar-refractivity contribution in [3.63, 3.8) is 0 Å². The van der Waals surface area contributed by atoms with Crippen molar-refractivity contribution < 1.29 is 9.53 Å². The van der Waals surface area contributed by atoms with E-state index in [2.05, 4.69) is 4.90 Å². The van der Waals surface area contributed by atoms with Crippen molar-refractivity contribution in [1.82, 2.24) is 4.90 Å². The molecule has 94 valence electrons. The first-order valence-corrected chi connectivity index (χ1v) is 7.02. The molecule has 2 rings (SSSR count). The first-order valence-electron chi connectivity index (χ1n) is 5.45. The van der Waals surface area contributed by atoms with E-state index >= 15 is 0 Å². The van der Waals surface area contributed by atoms with Gasteiger partial charge in [0.05, 0.1) is 23.1 Å². The number of ether oxygens (including phenoxy) is 1. The van der Waals surface area contributed by atoms with Gasteiger partial charge in [0.25, 0.3) is 0 Å². The lowest BCUT2D eigenvalue weighted by molar-refractivity contribution is 0.0370. The highest BCUT2D eigenvalue weighted by Crippen LogP contribution is 2.32. The molecule has 6 heteroatoms. The predicted molar refractivity (Wildman–Crippen MR) is 70.5 cm³/mol. The van der Waals surface area contributed by atoms with Crippen LogP contribution in [-0.2, 0) is 4.74 Å². The van der Waals surface area contributed by atoms with Crippen LogP contribution in [-0.4, -0.2) is 43.5 Å². The first kappa shape index (κ1) is 13.3. The highest BCUT2D eigenvalue weighted by molar-refractivity contribution is 7.18. The van der Waals surface area contributed by atoms with E-state index in [1.165, 1.54) is 11.3 Å². The second-order valence-corrected chi connectivity index (χ2v) is 5.92. The van der Waals surface area contributed by atoms with Crippen LogP contribution in [0.25, 0.3) is 0 Å². The highest BCUT2D eigenvalue weighted by Gasteiger charge is 2.15. The van der Waals surface area contributed by atoms with Crippen molar-refractivity contribution in [2.75, 3.05) is 32.8 Å². The van der Waals surface area contributed by atoms with Crippen LogP contribution in [0.1, 0.15) is 16.1 Å². The van der Waals surface area contributed by atoms with Crippen molar-refractivity contribution in [1.29, 1.82) is 0 Å². The fourth-order valence-corrected chi connectivity index (χ4v) is 3.03. The smallest absolute Gasteiger partial charge is 0.174 e. The normalized spacial score (nSPS) is 17.3. The molecule has 0 N–H and O–H groups in total. The molecule has 0 spiro atoms. The zero-order chi connectivity index (χ0) is 12.3. The minimum Gasteiger partial charge on any atom is -0.379 e. The molecule has 1 aliphatic heterocycles. The molecule has 3 nitrogen and oxygen atoms in total. The van der Waals surface area contributed by atoms with E-state index in [-0.39, 0.29) is 5.78 Å². The van der Waals surface area contributed by atoms with Crippen LogP contribution in [0.2, 0.25) is 9.36 Å². The van der Waals surface area contributed by atoms with Crippen LogP contribution in [0.4, 0.5) is 0 Å². The Balaban J connectivity index is 1.84. The van der Waals surface area contributed by atoms with E-state index in [1.54, 1.807) is 6.07 Å². The average molecular weight is 294 g/mol. The molecule has 17 heavy (non-hydrogen) atoms. The Morgan fingerprint density at radius 1 is 1.41 bits per heavy atom. The van der Waals surface area contributed by atoms with Gasteiger partial charge in [0.1, 0.15) is 4.34 Å². The molecule has 1 aromatic rings. The summed E-state index contributed by atoms with van der Waals surface area (Å²) in [6, 6.07) is 1.65. The maximum Gasteiger partial charge on any atom is 0.174 e. The molecule has 1 aliphatic rings. The zero-order valence-electron chi connectivity index (χ0n) is 9.25. The monoisotopic (exact) mass is 293 g/mol. The van der Waals surface area contributed by atoms with Gasteiger partial charge in [-0.15, -0.1) is 11.3 Å². The van der Waals surface area contributed by atoms with E-state index in [1.807, 2.05) is 0 Å². The number of hydrogen-bond donors (Lipinski definition) is 0. The third-order valence-corrected chi connectivity index (χ3v) is 4.59. The van der Waals surface area contributed by atoms with E-state index in [0.29, 0.717) is 20.7 Å². The quantitative estimate of drug-likeness (QED) is 0.800. The van der Waals surface area contributed by atoms with Crippen molar-refractivity contribution in [2.24, 2.45) is 0 Å². The van der Waals surface area contributed by atoms with Gasteiger partial charge in [-0.1, -0.05) is 23.2 Å². The van der Waals surface area contributed by atoms with Crippen molar-refractivity contribution in [3.8, 4) is 0 Å². The summed E-state index contributed by atoms with van der Waals surface area (Å²) in [5.41, 5.74) is 0. The van der Waals surface area contributed by atoms with Crippen molar-refractivity contribution in [2.45, 2.75) is 6.42 Å². The molecular weight excluding hydrogens is 281 g/mol. The Hall–Kier alpha value is -0.130. The Labute approximate surface area is 114 Å². The maximum absolute atomic E-state index is 11.9. The van der Waals surface area contributed by atoms with Gasteiger partial charge in [-0.05, 0) is 6.07 Å². The minimum absolute atomic E-state index is 0.107. The molecule has 1 fully saturated rings. The van der Waals surface area contributed by atoms with E-state index in [9.17, 15) is 4.79 Å². The summed E-state index contributed by atoms with van der Waals surface area (Å²) >= 11 is 12.9. The zero-order valence-corrected chi connectivity index (χ0v) is 11.6. The van der Waals surface area contributed by atoms with Crippen LogP contribution in [0.15, 0.2) is 6.07 Å². The molecule has 0 saturated carbocycles. The van der Waals surface area contributed by atoms with E-state index in [4.69, 9.17) is 27.9 Å². The van der Waals surface area contributed by atoms with Crippen LogP contribution >= 0.6 is 34.5 Å². The number of morpholine rings is 1. The lowest BCUT2D eigenvalue weighted by Crippen LogP contribution is -2.37. The van der Waals surface area contributed by atoms with Gasteiger partial charge in [0.15, 0.2) is 5.78 Å². The summed E-state index contributed by atoms with van der Waals surface area (Å²) in [5, 5.41) is 0.464. The molecule has 0 radical (unpaired) electrons. The van der Waals surface area contributed by atoms with Gasteiger partial charge >= 0.3 is 0 Å². The van der Waals surface area contributed by atoms with Gasteiger partial charge in [-0.3, -0.25) is 9.69 Å². The molecular formula is C11H13Cl2NO2S. The predicted octanol–water partition coefficient (Wildman–Crippen LogP) is 2.96. The molecule has 0 aromatic carbocycles. The topological polar surface area (TPSA) is 29.5 Å². The Morgan fingerprint density at radius 2 is 2.12 bits per heavy atom. The van der Waals surface area contributed by atoms with Crippen LogP contribution in [0.5, 0.6) is 0 Å². The standard InChI is InChI=1S/C11H13Cl2NO2S/c12-8-7-10(17-11(8)13)9(15)1-2-14-3-5-16-6-4-14/h7H,1-6H2. The van der Waals surface area contributed by atoms with Gasteiger partial charge in [-0.2, -0.15) is 0 Å². The maximum atomic E-state index is 11.9. The molecule has 1 aromatic heterocycles. The second-order valence-electron chi connectivity index (χ2n) is 3.86. The van der Waals surface area contributed by atoms with Gasteiger partial charge in [0, 0.05) is 26.1 Å². The van der Waals surface area contributed by atoms with Gasteiger partial charge in [0.2, 0.25) is 0 Å². The fourth-order valence-electron chi connectivity index (χ4n) is 1.69. The third kappa shape index (κ3) is 3.66. The largest absolute Gasteiger partial charge is 0.379 e. The SMILES string of the molecule is O=C(CCN1CCOCC1)c1cc(Cl)c(Cl)s1. The molecule has 0 atom stereocenters. The number of thiophene rings is 1. The number of carbonyl (C=O) groups is 1. The number of Topliss-reactive ketones (excluding diaryl/α,β-unsaturated/α-hetero) is 1. The number of halogens is 2. The number of rotatable bonds is 4. The lowest BCUT2D eigenvalue weighted by Gasteiger charge is -2.26. The fraction of sp³-hybridized carbons (Fsp3) is 0.545. The van der Waals surface area contributed by atoms with Crippen LogP contribution < -0.4 is 0 Å². The molecule has 0 unspecified atom stereocenters. The van der Waals surface area contributed by atoms with Crippen molar-refractivity contribution in [3.05, 3.63) is 20.3 Å². The number of carbonyl (C=O) groups excluding carboxylic acids is 1. The summed E-state index contributed by atoms with van der Waals surface area (Å²) in [4.78, 5) is 14.8. The summed E-state index contributed by atoms with van der Waals surface area (Å²) in [7, 11) is 0. The molecule has 0 bridgehead atoms. The highest BCUT2D eigenvalue weighted by atomic mass is 35.5. The first-order chi connectivity index (χ1) is 8.16. The number of hydrogen-bond acceptors (Lipinski definition) is 4. The van der Waals surface area contributed by atoms with Gasteiger partial charge < -0.3 is 4.74 Å². The Kier molecular flexibility index (Phi) is 4.82. The minimum atomic E-state index is 0.107. The number of ketones is 1. The Morgan fingerprint density at radius 3 is 2.71 bits per heavy atom. The molecule has 1 saturated heterocycles. The average Bonchev–Trinajstić information content (AvgIpc) is 2.68. The summed E-state index contributed by atoms with van der Waals surface area (Å²) in [6.45, 7) is 4.09. The van der Waals surface area contributed by atoms with E-state index < -0.39 is 0 Å². The molecule has 0 aliphatic carbocycles. The van der Waals surface area contributed by atoms with Crippen LogP contribution in [0, 0.1) is 0 Å². The lowest BCUT2D eigenvalue weighted by atomic mass is 10.2. The third-order valence-electron chi connectivity index (χ3n) is 2.68. The number of nitrogens with zero attached hydrogens (tertiary/aromatic N) is 1. The summed E-state index contributed by atoms with van der Waals surface area (Å²) in [5.74, 6) is 0.107. The van der Waals surface area contributed by atoms with E-state index in [0.717, 1.165) is 32.8 Å². The molecule has 2 heterocycles. The summed E-state index contributed by atoms with van der Waals surface area (Å²) < 4.78 is 5.74.